The third-order valence-electron chi connectivity index (χ3n) is 6.60. The van der Waals surface area contributed by atoms with Gasteiger partial charge in [-0.05, 0) is 72.9 Å². The van der Waals surface area contributed by atoms with E-state index in [9.17, 15) is 0 Å². The van der Waals surface area contributed by atoms with E-state index >= 15 is 0 Å². The number of guanidine groups is 1. The average Bonchev–Trinajstić information content (AvgIpc) is 2.92. The van der Waals surface area contributed by atoms with Crippen molar-refractivity contribution < 1.29 is 4.74 Å². The highest BCUT2D eigenvalue weighted by Crippen LogP contribution is 2.21. The van der Waals surface area contributed by atoms with E-state index in [0.29, 0.717) is 0 Å². The largest absolute Gasteiger partial charge is 0.494 e. The van der Waals surface area contributed by atoms with Gasteiger partial charge in [-0.2, -0.15) is 0 Å². The first-order valence-corrected chi connectivity index (χ1v) is 13.5. The van der Waals surface area contributed by atoms with E-state index in [4.69, 9.17) is 9.73 Å². The van der Waals surface area contributed by atoms with Crippen molar-refractivity contribution in [1.82, 2.24) is 5.32 Å². The summed E-state index contributed by atoms with van der Waals surface area (Å²) in [6.45, 7) is 5.88. The van der Waals surface area contributed by atoms with Gasteiger partial charge in [0.1, 0.15) is 5.75 Å². The minimum atomic E-state index is 0.781. The van der Waals surface area contributed by atoms with Crippen molar-refractivity contribution in [3.8, 4) is 5.75 Å². The van der Waals surface area contributed by atoms with Crippen LogP contribution < -0.4 is 15.4 Å². The third-order valence-corrected chi connectivity index (χ3v) is 6.60. The molecule has 2 N–H and O–H groups in total. The second-order valence-electron chi connectivity index (χ2n) is 9.59. The van der Waals surface area contributed by atoms with Crippen molar-refractivity contribution in [2.75, 3.05) is 18.5 Å². The van der Waals surface area contributed by atoms with Crippen molar-refractivity contribution in [2.24, 2.45) is 4.99 Å². The lowest BCUT2D eigenvalue weighted by molar-refractivity contribution is 0.304. The monoisotopic (exact) mass is 493 g/mol. The number of hydrogen-bond acceptors (Lipinski definition) is 2. The number of nitrogens with zero attached hydrogens (tertiary/aromatic N) is 1. The molecule has 0 saturated heterocycles. The van der Waals surface area contributed by atoms with Gasteiger partial charge in [0.05, 0.1) is 12.3 Å². The Morgan fingerprint density at radius 1 is 0.676 bits per heavy atom. The molecule has 0 amide bonds. The summed E-state index contributed by atoms with van der Waals surface area (Å²) in [6, 6.07) is 31.3. The molecule has 0 atom stereocenters. The SMILES string of the molecule is Cc1ccccc1/N=C(/NCCCCCCCCOc1ccc2ccccc2c1)Nc1ccccc1C. The zero-order chi connectivity index (χ0) is 25.7. The Balaban J connectivity index is 1.14. The lowest BCUT2D eigenvalue weighted by atomic mass is 10.1. The molecule has 4 aromatic carbocycles. The predicted molar refractivity (Wildman–Crippen MR) is 158 cm³/mol. The quantitative estimate of drug-likeness (QED) is 0.118. The molecule has 192 valence electrons. The Morgan fingerprint density at radius 3 is 2.16 bits per heavy atom. The van der Waals surface area contributed by atoms with Gasteiger partial charge in [0.25, 0.3) is 0 Å². The van der Waals surface area contributed by atoms with Crippen LogP contribution in [0.1, 0.15) is 49.7 Å². The third kappa shape index (κ3) is 8.38. The number of unbranched alkanes of at least 4 members (excludes halogenated alkanes) is 5. The number of para-hydroxylation sites is 2. The molecule has 0 saturated carbocycles. The van der Waals surface area contributed by atoms with E-state index in [1.54, 1.807) is 0 Å². The van der Waals surface area contributed by atoms with Crippen LogP contribution in [-0.4, -0.2) is 19.1 Å². The van der Waals surface area contributed by atoms with Gasteiger partial charge in [0.15, 0.2) is 0 Å². The number of rotatable bonds is 12. The van der Waals surface area contributed by atoms with Gasteiger partial charge < -0.3 is 15.4 Å². The summed E-state index contributed by atoms with van der Waals surface area (Å²) in [4.78, 5) is 4.88. The lowest BCUT2D eigenvalue weighted by Crippen LogP contribution is -2.31. The Morgan fingerprint density at radius 2 is 1.35 bits per heavy atom. The van der Waals surface area contributed by atoms with Gasteiger partial charge in [0, 0.05) is 12.2 Å². The number of aliphatic imine (C=N–C) groups is 1. The van der Waals surface area contributed by atoms with Crippen LogP contribution in [0, 0.1) is 13.8 Å². The van der Waals surface area contributed by atoms with Crippen LogP contribution in [0.15, 0.2) is 96.0 Å². The molecule has 4 heteroatoms. The van der Waals surface area contributed by atoms with E-state index < -0.39 is 0 Å². The summed E-state index contributed by atoms with van der Waals surface area (Å²) in [5.41, 5.74) is 4.43. The Kier molecular flexibility index (Phi) is 10.00. The number of hydrogen-bond donors (Lipinski definition) is 2. The van der Waals surface area contributed by atoms with Gasteiger partial charge in [-0.3, -0.25) is 0 Å². The van der Waals surface area contributed by atoms with E-state index in [1.165, 1.54) is 42.0 Å². The summed E-state index contributed by atoms with van der Waals surface area (Å²) in [5.74, 6) is 1.77. The summed E-state index contributed by atoms with van der Waals surface area (Å²) in [7, 11) is 0. The minimum absolute atomic E-state index is 0.781. The van der Waals surface area contributed by atoms with Gasteiger partial charge in [-0.15, -0.1) is 0 Å². The van der Waals surface area contributed by atoms with E-state index in [1.807, 2.05) is 18.2 Å². The molecule has 0 aliphatic carbocycles. The minimum Gasteiger partial charge on any atom is -0.494 e. The highest BCUT2D eigenvalue weighted by atomic mass is 16.5. The summed E-state index contributed by atoms with van der Waals surface area (Å²) < 4.78 is 5.97. The van der Waals surface area contributed by atoms with Crippen molar-refractivity contribution >= 4 is 28.1 Å². The van der Waals surface area contributed by atoms with Crippen molar-refractivity contribution in [3.63, 3.8) is 0 Å². The van der Waals surface area contributed by atoms with Crippen molar-refractivity contribution in [2.45, 2.75) is 52.4 Å². The maximum atomic E-state index is 5.97. The molecule has 37 heavy (non-hydrogen) atoms. The molecule has 0 bridgehead atoms. The molecule has 0 aromatic heterocycles. The van der Waals surface area contributed by atoms with Crippen LogP contribution in [0.4, 0.5) is 11.4 Å². The van der Waals surface area contributed by atoms with Crippen LogP contribution in [0.5, 0.6) is 5.75 Å². The smallest absolute Gasteiger partial charge is 0.201 e. The van der Waals surface area contributed by atoms with Gasteiger partial charge in [0.2, 0.25) is 5.96 Å². The number of nitrogens with one attached hydrogen (secondary N) is 2. The van der Waals surface area contributed by atoms with Gasteiger partial charge in [-0.1, -0.05) is 92.4 Å². The molecule has 4 rings (SSSR count). The van der Waals surface area contributed by atoms with E-state index in [-0.39, 0.29) is 0 Å². The van der Waals surface area contributed by atoms with Crippen LogP contribution in [0.2, 0.25) is 0 Å². The van der Waals surface area contributed by atoms with Crippen LogP contribution in [-0.2, 0) is 0 Å². The maximum Gasteiger partial charge on any atom is 0.201 e. The van der Waals surface area contributed by atoms with Crippen molar-refractivity contribution in [1.29, 1.82) is 0 Å². The first kappa shape index (κ1) is 26.3. The van der Waals surface area contributed by atoms with Crippen LogP contribution >= 0.6 is 0 Å². The first-order valence-electron chi connectivity index (χ1n) is 13.5. The topological polar surface area (TPSA) is 45.7 Å². The molecule has 0 unspecified atom stereocenters. The van der Waals surface area contributed by atoms with E-state index in [2.05, 4.69) is 97.3 Å². The number of anilines is 1. The fraction of sp³-hybridized carbons (Fsp3) is 0.303. The molecular formula is C33H39N3O. The van der Waals surface area contributed by atoms with Gasteiger partial charge >= 0.3 is 0 Å². The average molecular weight is 494 g/mol. The van der Waals surface area contributed by atoms with E-state index in [0.717, 1.165) is 54.6 Å². The maximum absolute atomic E-state index is 5.97. The fourth-order valence-electron chi connectivity index (χ4n) is 4.35. The summed E-state index contributed by atoms with van der Waals surface area (Å²) in [6.07, 6.45) is 7.12. The number of aryl methyl sites for hydroxylation is 2. The molecule has 4 nitrogen and oxygen atoms in total. The normalized spacial score (nSPS) is 11.5. The highest BCUT2D eigenvalue weighted by Gasteiger charge is 2.04. The molecule has 4 aromatic rings. The number of ether oxygens (including phenoxy) is 1. The fourth-order valence-corrected chi connectivity index (χ4v) is 4.35. The number of fused-ring (bicyclic) bond motifs is 1. The predicted octanol–water partition coefficient (Wildman–Crippen LogP) is 8.57. The van der Waals surface area contributed by atoms with Crippen molar-refractivity contribution in [3.05, 3.63) is 102 Å². The molecule has 0 aliphatic rings. The first-order chi connectivity index (χ1) is 18.2. The van der Waals surface area contributed by atoms with Crippen LogP contribution in [0.25, 0.3) is 10.8 Å². The Hall–Kier alpha value is -3.79. The zero-order valence-corrected chi connectivity index (χ0v) is 22.2. The molecular weight excluding hydrogens is 454 g/mol. The highest BCUT2D eigenvalue weighted by molar-refractivity contribution is 5.96. The van der Waals surface area contributed by atoms with Crippen LogP contribution in [0.3, 0.4) is 0 Å². The second-order valence-corrected chi connectivity index (χ2v) is 9.59. The molecule has 0 fully saturated rings. The Bertz CT molecular complexity index is 1300. The molecule has 0 aliphatic heterocycles. The molecule has 0 radical (unpaired) electrons. The molecule has 0 heterocycles. The summed E-state index contributed by atoms with van der Waals surface area (Å²) in [5, 5.41) is 9.51. The molecule has 0 spiro atoms. The zero-order valence-electron chi connectivity index (χ0n) is 22.2. The lowest BCUT2D eigenvalue weighted by Gasteiger charge is -2.15. The second kappa shape index (κ2) is 14.1. The Labute approximate surface area is 221 Å². The van der Waals surface area contributed by atoms with Gasteiger partial charge in [-0.25, -0.2) is 4.99 Å². The summed E-state index contributed by atoms with van der Waals surface area (Å²) >= 11 is 0. The number of benzene rings is 4. The standard InChI is InChI=1S/C33H39N3O/c1-26-15-7-11-19-31(26)35-33(36-32-20-12-8-16-27(32)2)34-23-13-5-3-4-6-14-24-37-30-22-21-28-17-9-10-18-29(28)25-30/h7-12,15-22,25H,3-6,13-14,23-24H2,1-2H3,(H2,34,35,36).